The minimum absolute atomic E-state index is 0.190. The van der Waals surface area contributed by atoms with Crippen LogP contribution in [0.2, 0.25) is 0 Å². The molecule has 154 valence electrons. The third-order valence-corrected chi connectivity index (χ3v) is 5.74. The number of carbonyl (C=O) groups is 2. The number of pyridine rings is 1. The highest BCUT2D eigenvalue weighted by Crippen LogP contribution is 2.17. The van der Waals surface area contributed by atoms with Crippen molar-refractivity contribution in [1.82, 2.24) is 19.1 Å². The highest BCUT2D eigenvalue weighted by atomic mass is 32.1. The molecular formula is C21H21N5O3S. The number of nitrogens with zero attached hydrogens (tertiary/aromatic N) is 5. The van der Waals surface area contributed by atoms with Crippen LogP contribution in [0.5, 0.6) is 5.75 Å². The van der Waals surface area contributed by atoms with Gasteiger partial charge in [0.2, 0.25) is 0 Å². The molecule has 0 radical (unpaired) electrons. The first kappa shape index (κ1) is 20.0. The second kappa shape index (κ2) is 9.00. The van der Waals surface area contributed by atoms with Crippen LogP contribution in [0.1, 0.15) is 40.1 Å². The largest absolute Gasteiger partial charge is 0.497 e. The quantitative estimate of drug-likeness (QED) is 0.644. The molecule has 0 bridgehead atoms. The van der Waals surface area contributed by atoms with Gasteiger partial charge in [-0.3, -0.25) is 14.6 Å². The van der Waals surface area contributed by atoms with Crippen molar-refractivity contribution in [3.8, 4) is 11.4 Å². The molecule has 0 N–H and O–H groups in total. The van der Waals surface area contributed by atoms with E-state index >= 15 is 0 Å². The average Bonchev–Trinajstić information content (AvgIpc) is 3.23. The lowest BCUT2D eigenvalue weighted by molar-refractivity contribution is 0.0716. The van der Waals surface area contributed by atoms with E-state index in [1.54, 1.807) is 34.4 Å². The number of likely N-dealkylation sites (tertiary alicyclic amines) is 1. The first-order valence-corrected chi connectivity index (χ1v) is 10.5. The van der Waals surface area contributed by atoms with E-state index in [2.05, 4.69) is 15.1 Å². The molecule has 2 amide bonds. The molecule has 0 atom stereocenters. The molecule has 1 aliphatic heterocycles. The molecule has 0 saturated carbocycles. The van der Waals surface area contributed by atoms with Crippen molar-refractivity contribution in [3.05, 3.63) is 64.7 Å². The van der Waals surface area contributed by atoms with E-state index in [9.17, 15) is 9.59 Å². The monoisotopic (exact) mass is 423 g/mol. The smallest absolute Gasteiger partial charge is 0.280 e. The Morgan fingerprint density at radius 1 is 1.10 bits per heavy atom. The SMILES string of the molecule is COc1ccc(-n2nc(C(=O)N3CCCCC3)c(=NC(=O)c3cccnc3)s2)cc1. The van der Waals surface area contributed by atoms with Crippen molar-refractivity contribution in [2.24, 2.45) is 4.99 Å². The van der Waals surface area contributed by atoms with Crippen LogP contribution in [-0.4, -0.2) is 51.1 Å². The summed E-state index contributed by atoms with van der Waals surface area (Å²) in [6, 6.07) is 10.6. The van der Waals surface area contributed by atoms with Gasteiger partial charge in [-0.05, 0) is 67.2 Å². The van der Waals surface area contributed by atoms with Crippen molar-refractivity contribution in [2.45, 2.75) is 19.3 Å². The summed E-state index contributed by atoms with van der Waals surface area (Å²) in [4.78, 5) is 35.7. The molecule has 9 heteroatoms. The number of rotatable bonds is 4. The lowest BCUT2D eigenvalue weighted by Gasteiger charge is -2.25. The fourth-order valence-corrected chi connectivity index (χ4v) is 4.05. The number of piperidine rings is 1. The number of hydrogen-bond acceptors (Lipinski definition) is 6. The molecule has 1 saturated heterocycles. The maximum absolute atomic E-state index is 13.1. The zero-order valence-corrected chi connectivity index (χ0v) is 17.3. The molecule has 1 fully saturated rings. The Balaban J connectivity index is 1.75. The lowest BCUT2D eigenvalue weighted by Crippen LogP contribution is -2.38. The van der Waals surface area contributed by atoms with Crippen LogP contribution in [0.3, 0.4) is 0 Å². The summed E-state index contributed by atoms with van der Waals surface area (Å²) < 4.78 is 7.09. The molecular weight excluding hydrogens is 402 g/mol. The van der Waals surface area contributed by atoms with E-state index in [4.69, 9.17) is 4.74 Å². The fraction of sp³-hybridized carbons (Fsp3) is 0.286. The molecule has 30 heavy (non-hydrogen) atoms. The summed E-state index contributed by atoms with van der Waals surface area (Å²) in [5, 5.41) is 4.50. The predicted octanol–water partition coefficient (Wildman–Crippen LogP) is 2.70. The Hall–Kier alpha value is -3.33. The van der Waals surface area contributed by atoms with Crippen LogP contribution in [0.15, 0.2) is 53.8 Å². The Morgan fingerprint density at radius 2 is 1.87 bits per heavy atom. The van der Waals surface area contributed by atoms with Crippen LogP contribution in [0.25, 0.3) is 5.69 Å². The summed E-state index contributed by atoms with van der Waals surface area (Å²) in [5.74, 6) is 0.0643. The third-order valence-electron chi connectivity index (χ3n) is 4.82. The minimum Gasteiger partial charge on any atom is -0.497 e. The standard InChI is InChI=1S/C21H21N5O3S/c1-29-17-9-7-16(8-10-17)26-24-18(21(28)25-12-3-2-4-13-25)20(30-26)23-19(27)15-6-5-11-22-14-15/h5-11,14H,2-4,12-13H2,1H3. The summed E-state index contributed by atoms with van der Waals surface area (Å²) in [6.07, 6.45) is 6.09. The minimum atomic E-state index is -0.457. The molecule has 0 aliphatic carbocycles. The number of methoxy groups -OCH3 is 1. The number of hydrogen-bond donors (Lipinski definition) is 0. The van der Waals surface area contributed by atoms with E-state index in [-0.39, 0.29) is 16.3 Å². The van der Waals surface area contributed by atoms with E-state index in [1.165, 1.54) is 6.20 Å². The van der Waals surface area contributed by atoms with Gasteiger partial charge < -0.3 is 9.64 Å². The molecule has 2 aromatic heterocycles. The Morgan fingerprint density at radius 3 is 2.53 bits per heavy atom. The third kappa shape index (κ3) is 4.30. The van der Waals surface area contributed by atoms with Gasteiger partial charge in [0.25, 0.3) is 11.8 Å². The van der Waals surface area contributed by atoms with Gasteiger partial charge in [0, 0.05) is 25.5 Å². The molecule has 0 spiro atoms. The van der Waals surface area contributed by atoms with E-state index < -0.39 is 5.91 Å². The van der Waals surface area contributed by atoms with Gasteiger partial charge in [-0.2, -0.15) is 9.06 Å². The maximum atomic E-state index is 13.1. The van der Waals surface area contributed by atoms with Crippen molar-refractivity contribution in [1.29, 1.82) is 0 Å². The molecule has 4 rings (SSSR count). The molecule has 8 nitrogen and oxygen atoms in total. The summed E-state index contributed by atoms with van der Waals surface area (Å²) in [7, 11) is 1.60. The topological polar surface area (TPSA) is 89.7 Å². The summed E-state index contributed by atoms with van der Waals surface area (Å²) in [6.45, 7) is 1.38. The van der Waals surface area contributed by atoms with Gasteiger partial charge in [-0.15, -0.1) is 5.10 Å². The van der Waals surface area contributed by atoms with Crippen LogP contribution < -0.4 is 9.41 Å². The first-order valence-electron chi connectivity index (χ1n) is 9.69. The predicted molar refractivity (Wildman–Crippen MR) is 112 cm³/mol. The van der Waals surface area contributed by atoms with Crippen molar-refractivity contribution in [3.63, 3.8) is 0 Å². The molecule has 3 aromatic rings. The molecule has 3 heterocycles. The zero-order chi connectivity index (χ0) is 20.9. The van der Waals surface area contributed by atoms with Crippen LogP contribution in [-0.2, 0) is 0 Å². The van der Waals surface area contributed by atoms with E-state index in [1.807, 2.05) is 24.3 Å². The van der Waals surface area contributed by atoms with Gasteiger partial charge in [-0.1, -0.05) is 0 Å². The van der Waals surface area contributed by atoms with Crippen molar-refractivity contribution < 1.29 is 14.3 Å². The number of ether oxygens (including phenoxy) is 1. The van der Waals surface area contributed by atoms with Gasteiger partial charge in [0.1, 0.15) is 5.75 Å². The van der Waals surface area contributed by atoms with Gasteiger partial charge >= 0.3 is 0 Å². The first-order chi connectivity index (χ1) is 14.7. The Bertz CT molecular complexity index is 1100. The van der Waals surface area contributed by atoms with E-state index in [0.29, 0.717) is 18.7 Å². The zero-order valence-electron chi connectivity index (χ0n) is 16.5. The highest BCUT2D eigenvalue weighted by molar-refractivity contribution is 7.04. The van der Waals surface area contributed by atoms with Crippen molar-refractivity contribution >= 4 is 23.3 Å². The average molecular weight is 423 g/mol. The lowest BCUT2D eigenvalue weighted by atomic mass is 10.1. The summed E-state index contributed by atoms with van der Waals surface area (Å²) in [5.41, 5.74) is 1.30. The van der Waals surface area contributed by atoms with Crippen molar-refractivity contribution in [2.75, 3.05) is 20.2 Å². The Labute approximate surface area is 177 Å². The maximum Gasteiger partial charge on any atom is 0.280 e. The van der Waals surface area contributed by atoms with E-state index in [0.717, 1.165) is 42.2 Å². The second-order valence-corrected chi connectivity index (χ2v) is 7.74. The van der Waals surface area contributed by atoms with Crippen LogP contribution in [0.4, 0.5) is 0 Å². The normalized spacial score (nSPS) is 14.6. The molecule has 1 aliphatic rings. The fourth-order valence-electron chi connectivity index (χ4n) is 3.20. The summed E-state index contributed by atoms with van der Waals surface area (Å²) >= 11 is 1.15. The number of aromatic nitrogens is 3. The second-order valence-electron chi connectivity index (χ2n) is 6.83. The highest BCUT2D eigenvalue weighted by Gasteiger charge is 2.24. The van der Waals surface area contributed by atoms with Crippen LogP contribution >= 0.6 is 11.5 Å². The molecule has 0 unspecified atom stereocenters. The molecule has 1 aromatic carbocycles. The van der Waals surface area contributed by atoms with Crippen LogP contribution in [0, 0.1) is 0 Å². The Kier molecular flexibility index (Phi) is 5.99. The number of benzene rings is 1. The van der Waals surface area contributed by atoms with Gasteiger partial charge in [-0.25, -0.2) is 0 Å². The van der Waals surface area contributed by atoms with Gasteiger partial charge in [0.05, 0.1) is 18.4 Å². The number of carbonyl (C=O) groups excluding carboxylic acids is 2. The number of amides is 2. The van der Waals surface area contributed by atoms with Gasteiger partial charge in [0.15, 0.2) is 10.4 Å².